The fourth-order valence-corrected chi connectivity index (χ4v) is 4.62. The lowest BCUT2D eigenvalue weighted by Gasteiger charge is -2.41. The minimum atomic E-state index is -1.62. The predicted octanol–water partition coefficient (Wildman–Crippen LogP) is 2.17. The summed E-state index contributed by atoms with van der Waals surface area (Å²) in [4.78, 5) is 8.33. The maximum absolute atomic E-state index is 13.8. The van der Waals surface area contributed by atoms with Crippen LogP contribution < -0.4 is 0 Å². The molecule has 5 atom stereocenters. The lowest BCUT2D eigenvalue weighted by Crippen LogP contribution is -2.53. The number of pyridine rings is 1. The van der Waals surface area contributed by atoms with Gasteiger partial charge in [0.15, 0.2) is 29.0 Å². The number of hydrogen-bond acceptors (Lipinski definition) is 9. The number of aliphatic hydroxyl groups is 3. The van der Waals surface area contributed by atoms with E-state index in [2.05, 4.69) is 20.2 Å². The number of nitriles is 1. The number of aliphatic hydroxyl groups excluding tert-OH is 3. The molecular formula is C24H19ClF3N7O4. The Kier molecular flexibility index (Phi) is 7.10. The fraction of sp³-hybridized carbons (Fsp3) is 0.292. The van der Waals surface area contributed by atoms with Crippen LogP contribution in [0.4, 0.5) is 13.2 Å². The molecule has 0 saturated carbocycles. The molecule has 4 heterocycles. The van der Waals surface area contributed by atoms with Gasteiger partial charge in [0.1, 0.15) is 48.0 Å². The standard InChI is InChI=1S/C24H19ClF3N7O4/c1-10-32-24(35(33-10)17-4-13(25)7-30-16(17)5-29)23-22(38)20(21(37)18(9-36)39-23)34-8-12(6-31-34)11-2-14(26)19(28)15(27)3-11/h2-4,6-8,18,20-23,36-38H,9H2,1H3/t18?,20-,21-,22?,23+/m0/s1. The summed E-state index contributed by atoms with van der Waals surface area (Å²) in [5.74, 6) is -4.15. The van der Waals surface area contributed by atoms with Crippen molar-refractivity contribution in [2.45, 2.75) is 37.4 Å². The molecule has 1 aliphatic rings. The van der Waals surface area contributed by atoms with Crippen LogP contribution >= 0.6 is 11.6 Å². The Morgan fingerprint density at radius 1 is 1.10 bits per heavy atom. The molecule has 1 aromatic carbocycles. The van der Waals surface area contributed by atoms with E-state index < -0.39 is 54.5 Å². The summed E-state index contributed by atoms with van der Waals surface area (Å²) in [5, 5.41) is 50.4. The zero-order valence-corrected chi connectivity index (χ0v) is 20.7. The summed E-state index contributed by atoms with van der Waals surface area (Å²) < 4.78 is 49.2. The van der Waals surface area contributed by atoms with Gasteiger partial charge in [0, 0.05) is 18.0 Å². The maximum Gasteiger partial charge on any atom is 0.194 e. The molecule has 0 amide bonds. The molecule has 0 radical (unpaired) electrons. The topological polar surface area (TPSA) is 155 Å². The number of ether oxygens (including phenoxy) is 1. The van der Waals surface area contributed by atoms with E-state index in [0.717, 1.165) is 16.8 Å². The van der Waals surface area contributed by atoms with Crippen LogP contribution in [0.15, 0.2) is 36.8 Å². The highest BCUT2D eigenvalue weighted by molar-refractivity contribution is 6.30. The fourth-order valence-electron chi connectivity index (χ4n) is 4.47. The smallest absolute Gasteiger partial charge is 0.194 e. The Morgan fingerprint density at radius 2 is 1.82 bits per heavy atom. The quantitative estimate of drug-likeness (QED) is 0.311. The molecule has 3 N–H and O–H groups in total. The van der Waals surface area contributed by atoms with Gasteiger partial charge in [-0.1, -0.05) is 11.6 Å². The van der Waals surface area contributed by atoms with Crippen molar-refractivity contribution in [2.24, 2.45) is 0 Å². The van der Waals surface area contributed by atoms with Gasteiger partial charge in [-0.2, -0.15) is 15.5 Å². The molecule has 0 bridgehead atoms. The van der Waals surface area contributed by atoms with Gasteiger partial charge < -0.3 is 20.1 Å². The molecule has 11 nitrogen and oxygen atoms in total. The van der Waals surface area contributed by atoms with Gasteiger partial charge in [-0.25, -0.2) is 27.8 Å². The van der Waals surface area contributed by atoms with Crippen LogP contribution in [0.2, 0.25) is 5.02 Å². The first kappa shape index (κ1) is 26.7. The first-order valence-corrected chi connectivity index (χ1v) is 11.8. The maximum atomic E-state index is 13.8. The lowest BCUT2D eigenvalue weighted by molar-refractivity contribution is -0.210. The monoisotopic (exact) mass is 561 g/mol. The van der Waals surface area contributed by atoms with Crippen LogP contribution in [0.5, 0.6) is 0 Å². The van der Waals surface area contributed by atoms with E-state index in [-0.39, 0.29) is 39.2 Å². The van der Waals surface area contributed by atoms with Crippen molar-refractivity contribution in [1.82, 2.24) is 29.5 Å². The van der Waals surface area contributed by atoms with E-state index in [1.807, 2.05) is 6.07 Å². The van der Waals surface area contributed by atoms with Crippen molar-refractivity contribution in [3.8, 4) is 22.9 Å². The van der Waals surface area contributed by atoms with Gasteiger partial charge in [0.05, 0.1) is 17.8 Å². The number of aryl methyl sites for hydroxylation is 1. The highest BCUT2D eigenvalue weighted by Crippen LogP contribution is 2.39. The Hall–Kier alpha value is -3.87. The zero-order valence-electron chi connectivity index (χ0n) is 20.0. The summed E-state index contributed by atoms with van der Waals surface area (Å²) in [6.07, 6.45) is -1.79. The second-order valence-electron chi connectivity index (χ2n) is 8.77. The van der Waals surface area contributed by atoms with Gasteiger partial charge >= 0.3 is 0 Å². The number of aromatic nitrogens is 6. The number of halogens is 4. The molecule has 4 aromatic rings. The molecule has 39 heavy (non-hydrogen) atoms. The molecule has 1 aliphatic heterocycles. The largest absolute Gasteiger partial charge is 0.394 e. The number of benzene rings is 1. The molecule has 15 heteroatoms. The van der Waals surface area contributed by atoms with Crippen LogP contribution in [0.3, 0.4) is 0 Å². The Balaban J connectivity index is 1.57. The van der Waals surface area contributed by atoms with E-state index in [1.54, 1.807) is 6.92 Å². The second kappa shape index (κ2) is 10.4. The van der Waals surface area contributed by atoms with Crippen molar-refractivity contribution in [3.63, 3.8) is 0 Å². The average molecular weight is 562 g/mol. The number of hydrogen-bond donors (Lipinski definition) is 3. The van der Waals surface area contributed by atoms with Crippen molar-refractivity contribution >= 4 is 11.6 Å². The normalized spacial score (nSPS) is 23.1. The van der Waals surface area contributed by atoms with Crippen LogP contribution in [0.1, 0.15) is 29.5 Å². The molecule has 5 rings (SSSR count). The molecular weight excluding hydrogens is 543 g/mol. The van der Waals surface area contributed by atoms with E-state index >= 15 is 0 Å². The van der Waals surface area contributed by atoms with Crippen LogP contribution in [-0.4, -0.2) is 69.8 Å². The molecule has 202 valence electrons. The van der Waals surface area contributed by atoms with E-state index in [1.165, 1.54) is 29.3 Å². The summed E-state index contributed by atoms with van der Waals surface area (Å²) in [6.45, 7) is 0.911. The highest BCUT2D eigenvalue weighted by atomic mass is 35.5. The zero-order chi connectivity index (χ0) is 28.0. The second-order valence-corrected chi connectivity index (χ2v) is 9.21. The molecule has 0 spiro atoms. The third-order valence-corrected chi connectivity index (χ3v) is 6.48. The average Bonchev–Trinajstić information content (AvgIpc) is 3.54. The Bertz CT molecular complexity index is 1570. The van der Waals surface area contributed by atoms with Gasteiger partial charge in [-0.3, -0.25) is 4.68 Å². The van der Waals surface area contributed by atoms with Crippen molar-refractivity contribution in [2.75, 3.05) is 6.61 Å². The highest BCUT2D eigenvalue weighted by Gasteiger charge is 2.48. The molecule has 1 fully saturated rings. The number of nitrogens with zero attached hydrogens (tertiary/aromatic N) is 7. The van der Waals surface area contributed by atoms with Gasteiger partial charge in [0.25, 0.3) is 0 Å². The van der Waals surface area contributed by atoms with Crippen molar-refractivity contribution in [3.05, 3.63) is 76.6 Å². The third-order valence-electron chi connectivity index (χ3n) is 6.28. The van der Waals surface area contributed by atoms with Crippen molar-refractivity contribution < 1.29 is 33.2 Å². The minimum Gasteiger partial charge on any atom is -0.394 e. The van der Waals surface area contributed by atoms with Gasteiger partial charge in [-0.05, 0) is 30.7 Å². The molecule has 1 saturated heterocycles. The van der Waals surface area contributed by atoms with Crippen LogP contribution in [0, 0.1) is 35.7 Å². The summed E-state index contributed by atoms with van der Waals surface area (Å²) >= 11 is 6.09. The molecule has 2 unspecified atom stereocenters. The van der Waals surface area contributed by atoms with Crippen molar-refractivity contribution in [1.29, 1.82) is 5.26 Å². The van der Waals surface area contributed by atoms with Crippen LogP contribution in [0.25, 0.3) is 16.8 Å². The molecule has 3 aromatic heterocycles. The summed E-state index contributed by atoms with van der Waals surface area (Å²) in [6, 6.07) is 3.68. The predicted molar refractivity (Wildman–Crippen MR) is 127 cm³/mol. The SMILES string of the molecule is Cc1nc([C@@H]2OC(CO)[C@H](O)[C@H](n3cc(-c4cc(F)c(F)c(F)c4)cn3)C2O)n(-c2cc(Cl)cnc2C#N)n1. The molecule has 0 aliphatic carbocycles. The van der Waals surface area contributed by atoms with E-state index in [0.29, 0.717) is 0 Å². The first-order valence-electron chi connectivity index (χ1n) is 11.4. The van der Waals surface area contributed by atoms with Gasteiger partial charge in [-0.15, -0.1) is 0 Å². The van der Waals surface area contributed by atoms with E-state index in [9.17, 15) is 33.8 Å². The minimum absolute atomic E-state index is 0.0194. The van der Waals surface area contributed by atoms with Crippen LogP contribution in [-0.2, 0) is 4.74 Å². The first-order chi connectivity index (χ1) is 18.6. The Morgan fingerprint density at radius 3 is 2.49 bits per heavy atom. The third kappa shape index (κ3) is 4.75. The Labute approximate surface area is 223 Å². The lowest BCUT2D eigenvalue weighted by atomic mass is 9.92. The number of rotatable bonds is 5. The van der Waals surface area contributed by atoms with Gasteiger partial charge in [0.2, 0.25) is 0 Å². The summed E-state index contributed by atoms with van der Waals surface area (Å²) in [7, 11) is 0. The van der Waals surface area contributed by atoms with E-state index in [4.69, 9.17) is 16.3 Å². The summed E-state index contributed by atoms with van der Waals surface area (Å²) in [5.41, 5.74) is 0.248.